The number of carbonyl (C=O) groups is 1. The molecule has 1 amide bonds. The summed E-state index contributed by atoms with van der Waals surface area (Å²) in [5, 5.41) is 4.64. The predicted octanol–water partition coefficient (Wildman–Crippen LogP) is 3.81. The van der Waals surface area contributed by atoms with Crippen LogP contribution in [0.15, 0.2) is 48.8 Å². The van der Waals surface area contributed by atoms with Gasteiger partial charge in [-0.2, -0.15) is 0 Å². The minimum absolute atomic E-state index is 0.0426. The molecule has 0 aliphatic rings. The van der Waals surface area contributed by atoms with Crippen LogP contribution in [0.5, 0.6) is 0 Å². The molecule has 0 saturated heterocycles. The van der Waals surface area contributed by atoms with Gasteiger partial charge in [-0.05, 0) is 43.7 Å². The number of H-pyrrole nitrogens is 1. The molecule has 0 spiro atoms. The van der Waals surface area contributed by atoms with Crippen molar-refractivity contribution in [1.82, 2.24) is 15.3 Å². The summed E-state index contributed by atoms with van der Waals surface area (Å²) in [4.78, 5) is 20.1. The van der Waals surface area contributed by atoms with Crippen molar-refractivity contribution in [2.24, 2.45) is 0 Å². The third kappa shape index (κ3) is 3.08. The lowest BCUT2D eigenvalue weighted by Crippen LogP contribution is -2.39. The van der Waals surface area contributed by atoms with Gasteiger partial charge < -0.3 is 10.3 Å². The highest BCUT2D eigenvalue weighted by Crippen LogP contribution is 2.32. The second-order valence-electron chi connectivity index (χ2n) is 6.02. The van der Waals surface area contributed by atoms with Crippen LogP contribution in [-0.4, -0.2) is 15.9 Å². The number of hydrogen-bond acceptors (Lipinski definition) is 2. The molecule has 2 heterocycles. The molecule has 0 atom stereocenters. The van der Waals surface area contributed by atoms with Gasteiger partial charge in [-0.25, -0.2) is 0 Å². The first-order valence-corrected chi connectivity index (χ1v) is 7.81. The van der Waals surface area contributed by atoms with E-state index in [1.165, 1.54) is 0 Å². The molecule has 0 radical (unpaired) electrons. The molecule has 0 bridgehead atoms. The van der Waals surface area contributed by atoms with Gasteiger partial charge in [0.25, 0.3) is 0 Å². The van der Waals surface area contributed by atoms with Crippen LogP contribution < -0.4 is 5.32 Å². The Morgan fingerprint density at radius 1 is 1.30 bits per heavy atom. The largest absolute Gasteiger partial charge is 0.361 e. The van der Waals surface area contributed by atoms with Gasteiger partial charge in [0.05, 0.1) is 17.7 Å². The van der Waals surface area contributed by atoms with Gasteiger partial charge in [0, 0.05) is 28.3 Å². The Balaban J connectivity index is 1.83. The van der Waals surface area contributed by atoms with E-state index in [1.54, 1.807) is 6.20 Å². The van der Waals surface area contributed by atoms with E-state index in [4.69, 9.17) is 11.6 Å². The zero-order chi connectivity index (χ0) is 16.4. The highest BCUT2D eigenvalue weighted by atomic mass is 35.5. The third-order valence-corrected chi connectivity index (χ3v) is 4.28. The average molecular weight is 328 g/mol. The minimum atomic E-state index is -0.666. The molecule has 2 N–H and O–H groups in total. The molecule has 0 aliphatic heterocycles. The third-order valence-electron chi connectivity index (χ3n) is 4.04. The highest BCUT2D eigenvalue weighted by Gasteiger charge is 2.32. The van der Waals surface area contributed by atoms with Crippen molar-refractivity contribution < 1.29 is 4.79 Å². The lowest BCUT2D eigenvalue weighted by molar-refractivity contribution is -0.125. The Kier molecular flexibility index (Phi) is 4.09. The van der Waals surface area contributed by atoms with Gasteiger partial charge in [0.15, 0.2) is 0 Å². The molecule has 0 saturated carbocycles. The molecule has 0 unspecified atom stereocenters. The molecule has 5 heteroatoms. The summed E-state index contributed by atoms with van der Waals surface area (Å²) >= 11 is 6.02. The van der Waals surface area contributed by atoms with E-state index < -0.39 is 5.41 Å². The van der Waals surface area contributed by atoms with Crippen LogP contribution in [0.4, 0.5) is 0 Å². The van der Waals surface area contributed by atoms with Crippen molar-refractivity contribution in [3.05, 3.63) is 65.1 Å². The highest BCUT2D eigenvalue weighted by molar-refractivity contribution is 6.31. The van der Waals surface area contributed by atoms with Crippen LogP contribution in [0.3, 0.4) is 0 Å². The van der Waals surface area contributed by atoms with Crippen molar-refractivity contribution in [3.63, 3.8) is 0 Å². The van der Waals surface area contributed by atoms with E-state index in [9.17, 15) is 4.79 Å². The number of aromatic nitrogens is 2. The number of carbonyl (C=O) groups excluding carboxylic acids is 1. The number of aromatic amines is 1. The molecule has 4 nitrogen and oxygen atoms in total. The maximum atomic E-state index is 12.7. The van der Waals surface area contributed by atoms with Crippen LogP contribution in [0.2, 0.25) is 5.02 Å². The van der Waals surface area contributed by atoms with Crippen LogP contribution in [0, 0.1) is 0 Å². The summed E-state index contributed by atoms with van der Waals surface area (Å²) < 4.78 is 0. The summed E-state index contributed by atoms with van der Waals surface area (Å²) in [6.45, 7) is 4.24. The van der Waals surface area contributed by atoms with E-state index in [-0.39, 0.29) is 5.91 Å². The van der Waals surface area contributed by atoms with Crippen molar-refractivity contribution >= 4 is 28.4 Å². The standard InChI is InChI=1S/C18H18ClN3O/c1-18(2,17(23)22-10-13-5-3-4-8-20-13)15-11-21-16-9-12(19)6-7-14(15)16/h3-9,11,21H,10H2,1-2H3,(H,22,23). The fraction of sp³-hybridized carbons (Fsp3) is 0.222. The van der Waals surface area contributed by atoms with E-state index >= 15 is 0 Å². The van der Waals surface area contributed by atoms with Crippen LogP contribution >= 0.6 is 11.6 Å². The number of benzene rings is 1. The Morgan fingerprint density at radius 3 is 2.87 bits per heavy atom. The second kappa shape index (κ2) is 6.05. The maximum Gasteiger partial charge on any atom is 0.230 e. The predicted molar refractivity (Wildman–Crippen MR) is 92.4 cm³/mol. The van der Waals surface area contributed by atoms with Crippen LogP contribution in [-0.2, 0) is 16.8 Å². The number of halogens is 1. The number of amides is 1. The normalized spacial score (nSPS) is 11.6. The zero-order valence-corrected chi connectivity index (χ0v) is 13.8. The molecule has 0 aliphatic carbocycles. The number of fused-ring (bicyclic) bond motifs is 1. The molecule has 1 aromatic carbocycles. The molecule has 3 rings (SSSR count). The first-order valence-electron chi connectivity index (χ1n) is 7.44. The van der Waals surface area contributed by atoms with Gasteiger partial charge in [-0.1, -0.05) is 23.7 Å². The molecule has 0 fully saturated rings. The minimum Gasteiger partial charge on any atom is -0.361 e. The summed E-state index contributed by atoms with van der Waals surface area (Å²) in [5.74, 6) is -0.0426. The molecule has 3 aromatic rings. The topological polar surface area (TPSA) is 57.8 Å². The SMILES string of the molecule is CC(C)(C(=O)NCc1ccccn1)c1c[nH]c2cc(Cl)ccc12. The van der Waals surface area contributed by atoms with Crippen molar-refractivity contribution in [2.45, 2.75) is 25.8 Å². The second-order valence-corrected chi connectivity index (χ2v) is 6.46. The fourth-order valence-corrected chi connectivity index (χ4v) is 2.80. The molecule has 2 aromatic heterocycles. The molecular formula is C18H18ClN3O. The van der Waals surface area contributed by atoms with E-state index in [2.05, 4.69) is 15.3 Å². The lowest BCUT2D eigenvalue weighted by atomic mass is 9.83. The van der Waals surface area contributed by atoms with E-state index in [0.717, 1.165) is 22.2 Å². The number of nitrogens with zero attached hydrogens (tertiary/aromatic N) is 1. The Bertz CT molecular complexity index is 840. The molecule has 23 heavy (non-hydrogen) atoms. The number of hydrogen-bond donors (Lipinski definition) is 2. The van der Waals surface area contributed by atoms with Crippen molar-refractivity contribution in [2.75, 3.05) is 0 Å². The van der Waals surface area contributed by atoms with Gasteiger partial charge in [-0.3, -0.25) is 9.78 Å². The summed E-state index contributed by atoms with van der Waals surface area (Å²) in [7, 11) is 0. The van der Waals surface area contributed by atoms with Gasteiger partial charge in [0.2, 0.25) is 5.91 Å². The van der Waals surface area contributed by atoms with Gasteiger partial charge >= 0.3 is 0 Å². The van der Waals surface area contributed by atoms with Gasteiger partial charge in [-0.15, -0.1) is 0 Å². The maximum absolute atomic E-state index is 12.7. The van der Waals surface area contributed by atoms with Crippen molar-refractivity contribution in [3.8, 4) is 0 Å². The van der Waals surface area contributed by atoms with E-state index in [1.807, 2.05) is 56.4 Å². The van der Waals surface area contributed by atoms with Gasteiger partial charge in [0.1, 0.15) is 0 Å². The summed E-state index contributed by atoms with van der Waals surface area (Å²) in [5.41, 5.74) is 2.05. The first kappa shape index (κ1) is 15.6. The fourth-order valence-electron chi connectivity index (χ4n) is 2.63. The average Bonchev–Trinajstić information content (AvgIpc) is 2.97. The zero-order valence-electron chi connectivity index (χ0n) is 13.1. The monoisotopic (exact) mass is 327 g/mol. The number of pyridine rings is 1. The summed E-state index contributed by atoms with van der Waals surface area (Å²) in [6, 6.07) is 11.3. The Hall–Kier alpha value is -2.33. The number of nitrogens with one attached hydrogen (secondary N) is 2. The van der Waals surface area contributed by atoms with Crippen LogP contribution in [0.25, 0.3) is 10.9 Å². The lowest BCUT2D eigenvalue weighted by Gasteiger charge is -2.23. The van der Waals surface area contributed by atoms with Crippen LogP contribution in [0.1, 0.15) is 25.1 Å². The van der Waals surface area contributed by atoms with E-state index in [0.29, 0.717) is 11.6 Å². The Morgan fingerprint density at radius 2 is 2.13 bits per heavy atom. The first-order chi connectivity index (χ1) is 11.0. The van der Waals surface area contributed by atoms with Crippen molar-refractivity contribution in [1.29, 1.82) is 0 Å². The molecule has 118 valence electrons. The number of rotatable bonds is 4. The Labute approximate surface area is 139 Å². The summed E-state index contributed by atoms with van der Waals surface area (Å²) in [6.07, 6.45) is 3.59. The molecular weight excluding hydrogens is 310 g/mol. The quantitative estimate of drug-likeness (QED) is 0.765. The smallest absolute Gasteiger partial charge is 0.230 e.